The molecule has 0 spiro atoms. The van der Waals surface area contributed by atoms with Gasteiger partial charge in [0, 0.05) is 18.8 Å². The smallest absolute Gasteiger partial charge is 0.0955 e. The highest BCUT2D eigenvalue weighted by molar-refractivity contribution is 7.98. The average Bonchev–Trinajstić information content (AvgIpc) is 2.60. The fraction of sp³-hybridized carbons (Fsp3) is 0.364. The second-order valence-corrected chi connectivity index (χ2v) is 4.58. The fourth-order valence-corrected chi connectivity index (χ4v) is 2.21. The standard InChI is InChI=1S/C11H15N3S/c1-14-7-13-10-5-8(3-4-11(10)14)9(12)6-15-2/h3-5,7,9H,6,12H2,1-2H3. The third kappa shape index (κ3) is 2.01. The van der Waals surface area contributed by atoms with E-state index in [1.54, 1.807) is 11.8 Å². The first-order valence-electron chi connectivity index (χ1n) is 4.88. The van der Waals surface area contributed by atoms with Crippen molar-refractivity contribution >= 4 is 22.8 Å². The summed E-state index contributed by atoms with van der Waals surface area (Å²) >= 11 is 1.76. The van der Waals surface area contributed by atoms with Crippen LogP contribution in [-0.4, -0.2) is 21.6 Å². The van der Waals surface area contributed by atoms with Gasteiger partial charge in [-0.15, -0.1) is 0 Å². The lowest BCUT2D eigenvalue weighted by Gasteiger charge is -2.10. The van der Waals surface area contributed by atoms with Crippen LogP contribution >= 0.6 is 11.8 Å². The van der Waals surface area contributed by atoms with Crippen LogP contribution in [0.25, 0.3) is 11.0 Å². The van der Waals surface area contributed by atoms with Crippen molar-refractivity contribution in [2.75, 3.05) is 12.0 Å². The van der Waals surface area contributed by atoms with Crippen LogP contribution in [0.1, 0.15) is 11.6 Å². The maximum absolute atomic E-state index is 6.05. The lowest BCUT2D eigenvalue weighted by atomic mass is 10.1. The second-order valence-electron chi connectivity index (χ2n) is 3.67. The molecule has 1 atom stereocenters. The van der Waals surface area contributed by atoms with E-state index >= 15 is 0 Å². The van der Waals surface area contributed by atoms with Gasteiger partial charge in [0.25, 0.3) is 0 Å². The van der Waals surface area contributed by atoms with Gasteiger partial charge in [-0.3, -0.25) is 0 Å². The average molecular weight is 221 g/mol. The molecule has 0 saturated carbocycles. The maximum atomic E-state index is 6.05. The molecule has 4 heteroatoms. The Morgan fingerprint density at radius 1 is 1.53 bits per heavy atom. The van der Waals surface area contributed by atoms with Crippen LogP contribution in [0, 0.1) is 0 Å². The molecule has 0 bridgehead atoms. The van der Waals surface area contributed by atoms with E-state index in [9.17, 15) is 0 Å². The number of imidazole rings is 1. The maximum Gasteiger partial charge on any atom is 0.0955 e. The molecule has 1 unspecified atom stereocenters. The van der Waals surface area contributed by atoms with E-state index in [2.05, 4.69) is 29.4 Å². The Kier molecular flexibility index (Phi) is 2.98. The van der Waals surface area contributed by atoms with E-state index in [1.165, 1.54) is 0 Å². The molecule has 15 heavy (non-hydrogen) atoms. The Morgan fingerprint density at radius 2 is 2.33 bits per heavy atom. The van der Waals surface area contributed by atoms with E-state index < -0.39 is 0 Å². The predicted octanol–water partition coefficient (Wildman–Crippen LogP) is 1.94. The Bertz CT molecular complexity index is 464. The number of nitrogens with zero attached hydrogens (tertiary/aromatic N) is 2. The zero-order valence-corrected chi connectivity index (χ0v) is 9.79. The Hall–Kier alpha value is -1.00. The zero-order chi connectivity index (χ0) is 10.8. The summed E-state index contributed by atoms with van der Waals surface area (Å²) < 4.78 is 2.01. The molecule has 0 saturated heterocycles. The van der Waals surface area contributed by atoms with Gasteiger partial charge in [0.05, 0.1) is 17.4 Å². The van der Waals surface area contributed by atoms with Gasteiger partial charge in [-0.05, 0) is 24.0 Å². The largest absolute Gasteiger partial charge is 0.334 e. The Labute approximate surface area is 93.7 Å². The Balaban J connectivity index is 2.38. The summed E-state index contributed by atoms with van der Waals surface area (Å²) in [5, 5.41) is 0. The van der Waals surface area contributed by atoms with Crippen LogP contribution in [0.3, 0.4) is 0 Å². The molecule has 80 valence electrons. The number of aromatic nitrogens is 2. The third-order valence-corrected chi connectivity index (χ3v) is 3.22. The summed E-state index contributed by atoms with van der Waals surface area (Å²) in [5.74, 6) is 0.943. The van der Waals surface area contributed by atoms with Gasteiger partial charge < -0.3 is 10.3 Å². The minimum atomic E-state index is 0.103. The first-order valence-corrected chi connectivity index (χ1v) is 6.27. The van der Waals surface area contributed by atoms with Crippen LogP contribution in [0.2, 0.25) is 0 Å². The summed E-state index contributed by atoms with van der Waals surface area (Å²) in [6.07, 6.45) is 3.90. The monoisotopic (exact) mass is 221 g/mol. The van der Waals surface area contributed by atoms with E-state index in [-0.39, 0.29) is 6.04 Å². The van der Waals surface area contributed by atoms with Crippen molar-refractivity contribution in [3.63, 3.8) is 0 Å². The van der Waals surface area contributed by atoms with Gasteiger partial charge in [-0.2, -0.15) is 11.8 Å². The van der Waals surface area contributed by atoms with Crippen LogP contribution in [-0.2, 0) is 7.05 Å². The Morgan fingerprint density at radius 3 is 3.07 bits per heavy atom. The summed E-state index contributed by atoms with van der Waals surface area (Å²) in [5.41, 5.74) is 9.38. The molecule has 0 aliphatic heterocycles. The van der Waals surface area contributed by atoms with Gasteiger partial charge >= 0.3 is 0 Å². The van der Waals surface area contributed by atoms with Crippen LogP contribution in [0.15, 0.2) is 24.5 Å². The minimum absolute atomic E-state index is 0.103. The lowest BCUT2D eigenvalue weighted by Crippen LogP contribution is -2.12. The van der Waals surface area contributed by atoms with Crippen LogP contribution in [0.4, 0.5) is 0 Å². The van der Waals surface area contributed by atoms with Crippen molar-refractivity contribution in [1.82, 2.24) is 9.55 Å². The summed E-state index contributed by atoms with van der Waals surface area (Å²) in [7, 11) is 2.00. The van der Waals surface area contributed by atoms with E-state index in [4.69, 9.17) is 5.73 Å². The molecule has 2 aromatic rings. The molecule has 2 N–H and O–H groups in total. The van der Waals surface area contributed by atoms with Crippen molar-refractivity contribution in [2.24, 2.45) is 12.8 Å². The van der Waals surface area contributed by atoms with Gasteiger partial charge in [0.1, 0.15) is 0 Å². The quantitative estimate of drug-likeness (QED) is 0.861. The predicted molar refractivity (Wildman–Crippen MR) is 66.0 cm³/mol. The van der Waals surface area contributed by atoms with Crippen molar-refractivity contribution in [2.45, 2.75) is 6.04 Å². The fourth-order valence-electron chi connectivity index (χ4n) is 1.66. The topological polar surface area (TPSA) is 43.8 Å². The van der Waals surface area contributed by atoms with Crippen molar-refractivity contribution in [1.29, 1.82) is 0 Å². The number of thioether (sulfide) groups is 1. The number of rotatable bonds is 3. The summed E-state index contributed by atoms with van der Waals surface area (Å²) in [4.78, 5) is 4.32. The number of hydrogen-bond donors (Lipinski definition) is 1. The van der Waals surface area contributed by atoms with Gasteiger partial charge in [0.2, 0.25) is 0 Å². The van der Waals surface area contributed by atoms with Crippen molar-refractivity contribution in [3.05, 3.63) is 30.1 Å². The van der Waals surface area contributed by atoms with Gasteiger partial charge in [0.15, 0.2) is 0 Å². The molecule has 3 nitrogen and oxygen atoms in total. The second kappa shape index (κ2) is 4.24. The number of fused-ring (bicyclic) bond motifs is 1. The van der Waals surface area contributed by atoms with Crippen molar-refractivity contribution < 1.29 is 0 Å². The SMILES string of the molecule is CSCC(N)c1ccc2c(c1)ncn2C. The number of hydrogen-bond acceptors (Lipinski definition) is 3. The highest BCUT2D eigenvalue weighted by Gasteiger charge is 2.07. The first-order chi connectivity index (χ1) is 7.22. The lowest BCUT2D eigenvalue weighted by molar-refractivity contribution is 0.833. The normalized spacial score (nSPS) is 13.3. The van der Waals surface area contributed by atoms with Gasteiger partial charge in [-0.1, -0.05) is 6.07 Å². The molecule has 1 aromatic carbocycles. The van der Waals surface area contributed by atoms with Gasteiger partial charge in [-0.25, -0.2) is 4.98 Å². The number of aryl methyl sites for hydroxylation is 1. The highest BCUT2D eigenvalue weighted by atomic mass is 32.2. The molecular weight excluding hydrogens is 206 g/mol. The molecular formula is C11H15N3S. The summed E-state index contributed by atoms with van der Waals surface area (Å²) in [6.45, 7) is 0. The molecule has 0 amide bonds. The number of benzene rings is 1. The minimum Gasteiger partial charge on any atom is -0.334 e. The van der Waals surface area contributed by atoms with Crippen LogP contribution in [0.5, 0.6) is 0 Å². The zero-order valence-electron chi connectivity index (χ0n) is 8.97. The molecule has 0 aliphatic rings. The van der Waals surface area contributed by atoms with E-state index in [0.29, 0.717) is 0 Å². The van der Waals surface area contributed by atoms with Crippen LogP contribution < -0.4 is 5.73 Å². The van der Waals surface area contributed by atoms with E-state index in [1.807, 2.05) is 17.9 Å². The summed E-state index contributed by atoms with van der Waals surface area (Å²) in [6, 6.07) is 6.35. The van der Waals surface area contributed by atoms with E-state index in [0.717, 1.165) is 22.3 Å². The molecule has 0 aliphatic carbocycles. The molecule has 1 heterocycles. The number of nitrogens with two attached hydrogens (primary N) is 1. The molecule has 0 fully saturated rings. The molecule has 0 radical (unpaired) electrons. The highest BCUT2D eigenvalue weighted by Crippen LogP contribution is 2.19. The molecule has 1 aromatic heterocycles. The van der Waals surface area contributed by atoms with Crippen molar-refractivity contribution in [3.8, 4) is 0 Å². The molecule has 2 rings (SSSR count). The first kappa shape index (κ1) is 10.5. The third-order valence-electron chi connectivity index (χ3n) is 2.52.